The maximum absolute atomic E-state index is 14.6. The first-order valence-electron chi connectivity index (χ1n) is 12.7. The van der Waals surface area contributed by atoms with Crippen molar-refractivity contribution >= 4 is 45.2 Å². The van der Waals surface area contributed by atoms with Gasteiger partial charge in [0.1, 0.15) is 11.5 Å². The number of pyridine rings is 1. The van der Waals surface area contributed by atoms with Gasteiger partial charge in [-0.3, -0.25) is 19.4 Å². The summed E-state index contributed by atoms with van der Waals surface area (Å²) in [6, 6.07) is 24.4. The number of ketones is 2. The number of nitrogens with zero attached hydrogens (tertiary/aromatic N) is 2. The molecule has 1 saturated heterocycles. The summed E-state index contributed by atoms with van der Waals surface area (Å²) in [7, 11) is 0. The first-order chi connectivity index (χ1) is 19.0. The molecule has 1 aromatic heterocycles. The topological polar surface area (TPSA) is 79.4 Å². The molecule has 7 heteroatoms. The maximum Gasteiger partial charge on any atom is 0.238 e. The zero-order chi connectivity index (χ0) is 26.7. The average molecular weight is 576 g/mol. The fourth-order valence-corrected chi connectivity index (χ4v) is 6.91. The van der Waals surface area contributed by atoms with Gasteiger partial charge in [0.25, 0.3) is 0 Å². The van der Waals surface area contributed by atoms with Gasteiger partial charge in [-0.15, -0.1) is 0 Å². The molecule has 0 bridgehead atoms. The number of nitrogens with one attached hydrogen (secondary N) is 1. The summed E-state index contributed by atoms with van der Waals surface area (Å²) >= 11 is 3.44. The molecule has 4 heterocycles. The summed E-state index contributed by atoms with van der Waals surface area (Å²) in [6.45, 7) is 0. The van der Waals surface area contributed by atoms with Crippen molar-refractivity contribution in [3.63, 3.8) is 0 Å². The summed E-state index contributed by atoms with van der Waals surface area (Å²) in [6.07, 6.45) is 6.94. The first-order valence-corrected chi connectivity index (χ1v) is 13.5. The Morgan fingerprint density at radius 2 is 1.64 bits per heavy atom. The molecule has 4 aromatic rings. The van der Waals surface area contributed by atoms with Crippen LogP contribution in [0.2, 0.25) is 0 Å². The van der Waals surface area contributed by atoms with Crippen molar-refractivity contribution < 1.29 is 14.4 Å². The summed E-state index contributed by atoms with van der Waals surface area (Å²) < 4.78 is 0.846. The van der Waals surface area contributed by atoms with E-state index in [2.05, 4.69) is 26.2 Å². The van der Waals surface area contributed by atoms with Gasteiger partial charge in [-0.05, 0) is 53.1 Å². The molecular weight excluding hydrogens is 554 g/mol. The van der Waals surface area contributed by atoms with E-state index in [4.69, 9.17) is 0 Å². The largest absolute Gasteiger partial charge is 0.358 e. The molecular formula is C32H22BrN3O3. The van der Waals surface area contributed by atoms with Crippen molar-refractivity contribution in [3.05, 3.63) is 136 Å². The van der Waals surface area contributed by atoms with Gasteiger partial charge in [0.2, 0.25) is 5.91 Å². The molecule has 7 rings (SSSR count). The smallest absolute Gasteiger partial charge is 0.238 e. The number of carbonyl (C=O) groups excluding carboxylic acids is 3. The number of Topliss-reactive ketones (excluding diaryl/α,β-unsaturated/α-hetero) is 2. The van der Waals surface area contributed by atoms with Crippen molar-refractivity contribution in [2.75, 3.05) is 5.32 Å². The predicted octanol–water partition coefficient (Wildman–Crippen LogP) is 5.83. The molecule has 1 spiro atoms. The van der Waals surface area contributed by atoms with Crippen LogP contribution >= 0.6 is 15.9 Å². The third-order valence-corrected chi connectivity index (χ3v) is 8.72. The lowest BCUT2D eigenvalue weighted by molar-refractivity contribution is -0.122. The van der Waals surface area contributed by atoms with Gasteiger partial charge in [0.05, 0.1) is 12.0 Å². The van der Waals surface area contributed by atoms with Crippen LogP contribution in [0.25, 0.3) is 6.08 Å². The number of carbonyl (C=O) groups is 3. The first kappa shape index (κ1) is 23.7. The van der Waals surface area contributed by atoms with Gasteiger partial charge >= 0.3 is 0 Å². The number of para-hydroxylation sites is 1. The van der Waals surface area contributed by atoms with Crippen molar-refractivity contribution in [2.45, 2.75) is 17.5 Å². The molecule has 1 amide bonds. The minimum Gasteiger partial charge on any atom is -0.358 e. The Kier molecular flexibility index (Phi) is 5.39. The molecule has 39 heavy (non-hydrogen) atoms. The normalized spacial score (nSPS) is 24.2. The van der Waals surface area contributed by atoms with Crippen molar-refractivity contribution in [1.82, 2.24) is 9.88 Å². The Labute approximate surface area is 233 Å². The van der Waals surface area contributed by atoms with E-state index < -0.39 is 23.4 Å². The highest BCUT2D eigenvalue weighted by molar-refractivity contribution is 9.10. The lowest BCUT2D eigenvalue weighted by atomic mass is 9.62. The highest BCUT2D eigenvalue weighted by Crippen LogP contribution is 2.62. The van der Waals surface area contributed by atoms with Crippen LogP contribution in [0.15, 0.2) is 108 Å². The molecule has 3 aliphatic heterocycles. The van der Waals surface area contributed by atoms with E-state index in [9.17, 15) is 14.4 Å². The number of aromatic nitrogens is 1. The Morgan fingerprint density at radius 1 is 0.872 bits per heavy atom. The number of hydrogen-bond acceptors (Lipinski definition) is 5. The van der Waals surface area contributed by atoms with E-state index in [-0.39, 0.29) is 17.5 Å². The SMILES string of the molecule is O=C(c1ccc(Br)cc1)[C@@H]1[C@@H](C(=O)c2cccnc2)[C@@]2(C(=O)Nc3ccccc32)[C@H]2c3ccccc3C=CN12. The zero-order valence-electron chi connectivity index (χ0n) is 20.6. The number of hydrogen-bond donors (Lipinski definition) is 1. The molecule has 1 N–H and O–H groups in total. The van der Waals surface area contributed by atoms with E-state index in [1.54, 1.807) is 30.5 Å². The van der Waals surface area contributed by atoms with Crippen LogP contribution in [0, 0.1) is 5.92 Å². The van der Waals surface area contributed by atoms with Crippen LogP contribution in [0.5, 0.6) is 0 Å². The zero-order valence-corrected chi connectivity index (χ0v) is 22.2. The highest BCUT2D eigenvalue weighted by Gasteiger charge is 2.70. The second-order valence-corrected chi connectivity index (χ2v) is 11.0. The van der Waals surface area contributed by atoms with Gasteiger partial charge in [-0.2, -0.15) is 0 Å². The summed E-state index contributed by atoms with van der Waals surface area (Å²) in [5, 5.41) is 3.06. The number of rotatable bonds is 4. The monoisotopic (exact) mass is 575 g/mol. The molecule has 0 saturated carbocycles. The van der Waals surface area contributed by atoms with Crippen LogP contribution in [-0.2, 0) is 10.2 Å². The standard InChI is InChI=1S/C32H22BrN3O3/c33-22-13-11-20(12-14-22)29(38)27-26(28(37)21-7-5-16-34-18-21)32(24-9-3-4-10-25(24)35-31(32)39)30-23-8-2-1-6-19(23)15-17-36(27)30/h1-18,26-27,30H,(H,35,39)/t26-,27-,30+,32+/m0/s1. The predicted molar refractivity (Wildman–Crippen MR) is 151 cm³/mol. The molecule has 0 radical (unpaired) electrons. The van der Waals surface area contributed by atoms with Crippen molar-refractivity contribution in [3.8, 4) is 0 Å². The third-order valence-electron chi connectivity index (χ3n) is 8.20. The van der Waals surface area contributed by atoms with Crippen LogP contribution < -0.4 is 5.32 Å². The van der Waals surface area contributed by atoms with Crippen LogP contribution in [0.1, 0.15) is 43.4 Å². The molecule has 0 unspecified atom stereocenters. The lowest BCUT2D eigenvalue weighted by Crippen LogP contribution is -2.49. The van der Waals surface area contributed by atoms with Gasteiger partial charge in [-0.25, -0.2) is 0 Å². The lowest BCUT2D eigenvalue weighted by Gasteiger charge is -2.38. The maximum atomic E-state index is 14.6. The molecule has 1 fully saturated rings. The van der Waals surface area contributed by atoms with Crippen LogP contribution in [0.4, 0.5) is 5.69 Å². The van der Waals surface area contributed by atoms with Gasteiger partial charge in [0, 0.05) is 39.9 Å². The fourth-order valence-electron chi connectivity index (χ4n) is 6.64. The van der Waals surface area contributed by atoms with Crippen molar-refractivity contribution in [1.29, 1.82) is 0 Å². The Balaban J connectivity index is 1.54. The molecule has 6 nitrogen and oxygen atoms in total. The molecule has 190 valence electrons. The minimum absolute atomic E-state index is 0.215. The van der Waals surface area contributed by atoms with Crippen LogP contribution in [-0.4, -0.2) is 33.4 Å². The number of benzene rings is 3. The van der Waals surface area contributed by atoms with Crippen molar-refractivity contribution in [2.24, 2.45) is 5.92 Å². The number of amides is 1. The number of anilines is 1. The number of halogens is 1. The molecule has 3 aromatic carbocycles. The number of fused-ring (bicyclic) bond motifs is 6. The fraction of sp³-hybridized carbons (Fsp3) is 0.125. The Morgan fingerprint density at radius 3 is 2.44 bits per heavy atom. The van der Waals surface area contributed by atoms with Gasteiger partial charge in [0.15, 0.2) is 11.6 Å². The molecule has 0 aliphatic carbocycles. The van der Waals surface area contributed by atoms with E-state index in [0.717, 1.165) is 21.2 Å². The van der Waals surface area contributed by atoms with Crippen LogP contribution in [0.3, 0.4) is 0 Å². The molecule has 4 atom stereocenters. The van der Waals surface area contributed by atoms with E-state index in [1.165, 1.54) is 6.20 Å². The third kappa shape index (κ3) is 3.32. The second kappa shape index (κ2) is 8.85. The van der Waals surface area contributed by atoms with Gasteiger partial charge < -0.3 is 10.2 Å². The highest BCUT2D eigenvalue weighted by atomic mass is 79.9. The quantitative estimate of drug-likeness (QED) is 0.310. The second-order valence-electron chi connectivity index (χ2n) is 10.1. The van der Waals surface area contributed by atoms with E-state index in [1.807, 2.05) is 77.8 Å². The van der Waals surface area contributed by atoms with Gasteiger partial charge in [-0.1, -0.05) is 70.5 Å². The summed E-state index contributed by atoms with van der Waals surface area (Å²) in [5.74, 6) is -1.79. The van der Waals surface area contributed by atoms with E-state index in [0.29, 0.717) is 16.8 Å². The average Bonchev–Trinajstić information content (AvgIpc) is 3.45. The molecule has 3 aliphatic rings. The van der Waals surface area contributed by atoms with E-state index >= 15 is 0 Å². The summed E-state index contributed by atoms with van der Waals surface area (Å²) in [4.78, 5) is 49.5. The minimum atomic E-state index is -1.35. The Hall–Kier alpha value is -4.36. The summed E-state index contributed by atoms with van der Waals surface area (Å²) in [5.41, 5.74) is 2.74. The Bertz CT molecular complexity index is 1680.